The van der Waals surface area contributed by atoms with Gasteiger partial charge < -0.3 is 10.6 Å². The fraction of sp³-hybridized carbons (Fsp3) is 0.412. The third kappa shape index (κ3) is 3.57. The summed E-state index contributed by atoms with van der Waals surface area (Å²) in [5.74, 6) is 0.0190. The Morgan fingerprint density at radius 1 is 1.35 bits per heavy atom. The highest BCUT2D eigenvalue weighted by Crippen LogP contribution is 2.20. The highest BCUT2D eigenvalue weighted by molar-refractivity contribution is 6.31. The Balaban J connectivity index is 1.73. The first-order chi connectivity index (χ1) is 11.2. The molecule has 0 aliphatic carbocycles. The molecule has 2 N–H and O–H groups in total. The second-order valence-corrected chi connectivity index (χ2v) is 6.31. The van der Waals surface area contributed by atoms with E-state index in [2.05, 4.69) is 5.10 Å². The van der Waals surface area contributed by atoms with Gasteiger partial charge in [0, 0.05) is 30.4 Å². The number of halogens is 1. The molecule has 1 aliphatic rings. The minimum Gasteiger partial charge on any atom is -0.334 e. The molecule has 1 aliphatic heterocycles. The van der Waals surface area contributed by atoms with E-state index in [1.54, 1.807) is 17.1 Å². The topological polar surface area (TPSA) is 64.2 Å². The average Bonchev–Trinajstić information content (AvgIpc) is 3.05. The predicted octanol–water partition coefficient (Wildman–Crippen LogP) is 2.54. The maximum atomic E-state index is 12.7. The van der Waals surface area contributed by atoms with Crippen LogP contribution in [0.5, 0.6) is 0 Å². The molecule has 0 bridgehead atoms. The fourth-order valence-corrected chi connectivity index (χ4v) is 3.24. The minimum absolute atomic E-state index is 0.0190. The second-order valence-electron chi connectivity index (χ2n) is 5.90. The number of rotatable bonds is 4. The van der Waals surface area contributed by atoms with Crippen LogP contribution in [0.4, 0.5) is 0 Å². The normalized spacial score (nSPS) is 18.2. The van der Waals surface area contributed by atoms with Gasteiger partial charge in [-0.15, -0.1) is 0 Å². The number of hydrogen-bond acceptors (Lipinski definition) is 3. The molecule has 1 aromatic heterocycles. The number of benzene rings is 1. The van der Waals surface area contributed by atoms with E-state index in [1.165, 1.54) is 0 Å². The van der Waals surface area contributed by atoms with Crippen molar-refractivity contribution in [2.75, 3.05) is 13.1 Å². The van der Waals surface area contributed by atoms with Gasteiger partial charge in [0.25, 0.3) is 5.91 Å². The lowest BCUT2D eigenvalue weighted by molar-refractivity contribution is 0.0623. The zero-order valence-corrected chi connectivity index (χ0v) is 13.7. The standard InChI is InChI=1S/C17H21ClN4O/c18-16-7-2-1-5-13(16)11-21-12-14(10-20-21)17(23)22-8-4-3-6-15(22)9-19/h1-2,5,7,10,12,15H,3-4,6,8-9,11,19H2. The Labute approximate surface area is 141 Å². The number of hydrogen-bond donors (Lipinski definition) is 1. The SMILES string of the molecule is NCC1CCCCN1C(=O)c1cnn(Cc2ccccc2Cl)c1. The van der Waals surface area contributed by atoms with Gasteiger partial charge in [0.05, 0.1) is 18.3 Å². The Morgan fingerprint density at radius 3 is 2.96 bits per heavy atom. The van der Waals surface area contributed by atoms with Gasteiger partial charge in [-0.05, 0) is 30.9 Å². The molecule has 0 radical (unpaired) electrons. The van der Waals surface area contributed by atoms with Crippen molar-refractivity contribution in [1.29, 1.82) is 0 Å². The number of piperidine rings is 1. The van der Waals surface area contributed by atoms with Crippen molar-refractivity contribution in [2.24, 2.45) is 5.73 Å². The first-order valence-corrected chi connectivity index (χ1v) is 8.33. The van der Waals surface area contributed by atoms with Gasteiger partial charge in [0.1, 0.15) is 0 Å². The van der Waals surface area contributed by atoms with E-state index in [-0.39, 0.29) is 11.9 Å². The van der Waals surface area contributed by atoms with Crippen LogP contribution in [-0.2, 0) is 6.54 Å². The second kappa shape index (κ2) is 7.15. The average molecular weight is 333 g/mol. The molecule has 2 heterocycles. The number of amides is 1. The molecular weight excluding hydrogens is 312 g/mol. The van der Waals surface area contributed by atoms with Crippen molar-refractivity contribution in [3.8, 4) is 0 Å². The summed E-state index contributed by atoms with van der Waals surface area (Å²) >= 11 is 6.17. The number of nitrogens with two attached hydrogens (primary N) is 1. The number of carbonyl (C=O) groups excluding carboxylic acids is 1. The van der Waals surface area contributed by atoms with Gasteiger partial charge in [-0.3, -0.25) is 9.48 Å². The van der Waals surface area contributed by atoms with Crippen LogP contribution < -0.4 is 5.73 Å². The van der Waals surface area contributed by atoms with Crippen LogP contribution in [0.2, 0.25) is 5.02 Å². The quantitative estimate of drug-likeness (QED) is 0.935. The summed E-state index contributed by atoms with van der Waals surface area (Å²) in [6.07, 6.45) is 6.57. The van der Waals surface area contributed by atoms with Gasteiger partial charge in [-0.1, -0.05) is 29.8 Å². The van der Waals surface area contributed by atoms with E-state index in [4.69, 9.17) is 17.3 Å². The zero-order valence-electron chi connectivity index (χ0n) is 13.0. The van der Waals surface area contributed by atoms with Crippen molar-refractivity contribution in [1.82, 2.24) is 14.7 Å². The van der Waals surface area contributed by atoms with Gasteiger partial charge in [0.15, 0.2) is 0 Å². The Morgan fingerprint density at radius 2 is 2.17 bits per heavy atom. The van der Waals surface area contributed by atoms with Crippen molar-refractivity contribution in [3.05, 3.63) is 52.8 Å². The van der Waals surface area contributed by atoms with Crippen LogP contribution in [0.25, 0.3) is 0 Å². The molecule has 23 heavy (non-hydrogen) atoms. The lowest BCUT2D eigenvalue weighted by atomic mass is 10.0. The number of carbonyl (C=O) groups is 1. The number of likely N-dealkylation sites (tertiary alicyclic amines) is 1. The largest absolute Gasteiger partial charge is 0.334 e. The number of aromatic nitrogens is 2. The Hall–Kier alpha value is -1.85. The molecule has 1 fully saturated rings. The molecule has 5 nitrogen and oxygen atoms in total. The van der Waals surface area contributed by atoms with Gasteiger partial charge in [-0.2, -0.15) is 5.10 Å². The zero-order chi connectivity index (χ0) is 16.2. The molecule has 0 saturated carbocycles. The molecule has 1 saturated heterocycles. The molecule has 0 spiro atoms. The summed E-state index contributed by atoms with van der Waals surface area (Å²) in [7, 11) is 0. The molecule has 6 heteroatoms. The Kier molecular flexibility index (Phi) is 4.98. The summed E-state index contributed by atoms with van der Waals surface area (Å²) in [6, 6.07) is 7.79. The monoisotopic (exact) mass is 332 g/mol. The van der Waals surface area contributed by atoms with Crippen LogP contribution in [0, 0.1) is 0 Å². The van der Waals surface area contributed by atoms with E-state index >= 15 is 0 Å². The van der Waals surface area contributed by atoms with Gasteiger partial charge >= 0.3 is 0 Å². The van der Waals surface area contributed by atoms with E-state index in [0.29, 0.717) is 23.7 Å². The molecule has 3 rings (SSSR count). The maximum absolute atomic E-state index is 12.7. The van der Waals surface area contributed by atoms with Gasteiger partial charge in [-0.25, -0.2) is 0 Å². The molecule has 1 unspecified atom stereocenters. The maximum Gasteiger partial charge on any atom is 0.257 e. The van der Waals surface area contributed by atoms with E-state index in [9.17, 15) is 4.79 Å². The van der Waals surface area contributed by atoms with Gasteiger partial charge in [0.2, 0.25) is 0 Å². The number of nitrogens with zero attached hydrogens (tertiary/aromatic N) is 3. The third-order valence-electron chi connectivity index (χ3n) is 4.33. The van der Waals surface area contributed by atoms with Crippen molar-refractivity contribution >= 4 is 17.5 Å². The lowest BCUT2D eigenvalue weighted by Crippen LogP contribution is -2.47. The third-order valence-corrected chi connectivity index (χ3v) is 4.70. The summed E-state index contributed by atoms with van der Waals surface area (Å²) in [4.78, 5) is 14.6. The highest BCUT2D eigenvalue weighted by Gasteiger charge is 2.27. The first kappa shape index (κ1) is 16.0. The van der Waals surface area contributed by atoms with E-state index < -0.39 is 0 Å². The van der Waals surface area contributed by atoms with Crippen molar-refractivity contribution in [3.63, 3.8) is 0 Å². The first-order valence-electron chi connectivity index (χ1n) is 7.96. The van der Waals surface area contributed by atoms with Crippen molar-refractivity contribution < 1.29 is 4.79 Å². The lowest BCUT2D eigenvalue weighted by Gasteiger charge is -2.34. The predicted molar refractivity (Wildman–Crippen MR) is 90.5 cm³/mol. The molecular formula is C17H21ClN4O. The highest BCUT2D eigenvalue weighted by atomic mass is 35.5. The van der Waals surface area contributed by atoms with Crippen LogP contribution in [0.3, 0.4) is 0 Å². The molecule has 1 aromatic carbocycles. The summed E-state index contributed by atoms with van der Waals surface area (Å²) in [5.41, 5.74) is 7.39. The fourth-order valence-electron chi connectivity index (χ4n) is 3.04. The van der Waals surface area contributed by atoms with Crippen LogP contribution in [0.1, 0.15) is 35.2 Å². The summed E-state index contributed by atoms with van der Waals surface area (Å²) < 4.78 is 1.75. The molecule has 1 amide bonds. The van der Waals surface area contributed by atoms with Crippen LogP contribution in [0.15, 0.2) is 36.7 Å². The van der Waals surface area contributed by atoms with E-state index in [1.807, 2.05) is 29.2 Å². The van der Waals surface area contributed by atoms with Crippen LogP contribution in [-0.4, -0.2) is 39.7 Å². The Bertz CT molecular complexity index is 685. The smallest absolute Gasteiger partial charge is 0.257 e. The van der Waals surface area contributed by atoms with Crippen molar-refractivity contribution in [2.45, 2.75) is 31.8 Å². The minimum atomic E-state index is 0.0190. The van der Waals surface area contributed by atoms with Crippen LogP contribution >= 0.6 is 11.6 Å². The van der Waals surface area contributed by atoms with E-state index in [0.717, 1.165) is 31.4 Å². The molecule has 2 aromatic rings. The summed E-state index contributed by atoms with van der Waals surface area (Å²) in [6.45, 7) is 1.84. The summed E-state index contributed by atoms with van der Waals surface area (Å²) in [5, 5.41) is 5.00. The molecule has 122 valence electrons. The molecule has 1 atom stereocenters.